The van der Waals surface area contributed by atoms with Crippen LogP contribution < -0.4 is 0 Å². The Morgan fingerprint density at radius 2 is 0.455 bits per heavy atom. The van der Waals surface area contributed by atoms with Gasteiger partial charge >= 0.3 is 17.6 Å². The minimum atomic E-state index is -2.68. The van der Waals surface area contributed by atoms with Gasteiger partial charge in [0.1, 0.15) is 0 Å². The number of hydrogen-bond donors (Lipinski definition) is 0. The van der Waals surface area contributed by atoms with E-state index >= 15 is 0 Å². The average molecular weight is 663 g/mol. The van der Waals surface area contributed by atoms with Crippen LogP contribution in [0, 0.1) is 0 Å². The van der Waals surface area contributed by atoms with Crippen LogP contribution in [0.25, 0.3) is 0 Å². The second kappa shape index (κ2) is 33.1. The molecule has 0 aliphatic carbocycles. The van der Waals surface area contributed by atoms with Gasteiger partial charge in [-0.05, 0) is 51.4 Å². The highest BCUT2D eigenvalue weighted by atomic mass is 28.4. The highest BCUT2D eigenvalue weighted by Gasteiger charge is 2.42. The maximum atomic E-state index is 6.59. The average Bonchev–Trinajstić information content (AvgIpc) is 3.03. The second-order valence-corrected chi connectivity index (χ2v) is 18.1. The SMILES string of the molecule is CCCCCO[Si](CCCCCC[Si](OCCCCC)(OCCCCC)OCCCCC)(OCCCCC)OCCCCC. The van der Waals surface area contributed by atoms with Gasteiger partial charge in [-0.25, -0.2) is 0 Å². The molecule has 0 saturated heterocycles. The predicted octanol–water partition coefficient (Wildman–Crippen LogP) is 11.7. The molecule has 266 valence electrons. The van der Waals surface area contributed by atoms with E-state index < -0.39 is 17.6 Å². The van der Waals surface area contributed by atoms with Gasteiger partial charge in [-0.3, -0.25) is 0 Å². The molecule has 0 atom stereocenters. The number of rotatable bonds is 37. The fraction of sp³-hybridized carbons (Fsp3) is 1.00. The molecule has 0 heterocycles. The van der Waals surface area contributed by atoms with Gasteiger partial charge in [0.05, 0.1) is 0 Å². The molecular weight excluding hydrogens is 585 g/mol. The Bertz CT molecular complexity index is 458. The molecule has 0 radical (unpaired) electrons. The van der Waals surface area contributed by atoms with E-state index in [1.807, 2.05) is 0 Å². The summed E-state index contributed by atoms with van der Waals surface area (Å²) >= 11 is 0. The lowest BCUT2D eigenvalue weighted by Crippen LogP contribution is -2.47. The van der Waals surface area contributed by atoms with Gasteiger partial charge in [-0.15, -0.1) is 0 Å². The third-order valence-corrected chi connectivity index (χ3v) is 13.9. The van der Waals surface area contributed by atoms with E-state index in [2.05, 4.69) is 41.5 Å². The Morgan fingerprint density at radius 3 is 0.636 bits per heavy atom. The van der Waals surface area contributed by atoms with E-state index in [9.17, 15) is 0 Å². The van der Waals surface area contributed by atoms with Gasteiger partial charge < -0.3 is 26.6 Å². The summed E-state index contributed by atoms with van der Waals surface area (Å²) in [6.07, 6.45) is 25.4. The van der Waals surface area contributed by atoms with Crippen molar-refractivity contribution >= 4 is 17.6 Å². The molecule has 8 heteroatoms. The van der Waals surface area contributed by atoms with Gasteiger partial charge in [0.2, 0.25) is 0 Å². The van der Waals surface area contributed by atoms with E-state index in [1.54, 1.807) is 0 Å². The summed E-state index contributed by atoms with van der Waals surface area (Å²) in [5, 5.41) is 0. The third kappa shape index (κ3) is 25.3. The van der Waals surface area contributed by atoms with Crippen molar-refractivity contribution in [2.75, 3.05) is 39.6 Å². The van der Waals surface area contributed by atoms with Crippen LogP contribution in [0.1, 0.15) is 183 Å². The zero-order valence-electron chi connectivity index (χ0n) is 30.7. The van der Waals surface area contributed by atoms with Crippen molar-refractivity contribution in [2.45, 2.75) is 195 Å². The quantitative estimate of drug-likeness (QED) is 0.0487. The van der Waals surface area contributed by atoms with Crippen LogP contribution in [-0.2, 0) is 26.6 Å². The first-order valence-electron chi connectivity index (χ1n) is 19.4. The fourth-order valence-corrected chi connectivity index (χ4v) is 10.7. The molecule has 0 saturated carbocycles. The molecule has 0 aromatic carbocycles. The monoisotopic (exact) mass is 663 g/mol. The molecule has 0 aliphatic heterocycles. The van der Waals surface area contributed by atoms with Gasteiger partial charge in [-0.2, -0.15) is 0 Å². The maximum Gasteiger partial charge on any atom is 0.500 e. The Morgan fingerprint density at radius 1 is 0.250 bits per heavy atom. The van der Waals surface area contributed by atoms with Crippen molar-refractivity contribution < 1.29 is 26.6 Å². The largest absolute Gasteiger partial charge is 0.500 e. The zero-order valence-corrected chi connectivity index (χ0v) is 32.7. The minimum absolute atomic E-state index is 0.760. The minimum Gasteiger partial charge on any atom is -0.373 e. The molecule has 0 N–H and O–H groups in total. The Kier molecular flexibility index (Phi) is 33.3. The summed E-state index contributed by atoms with van der Waals surface area (Å²) in [5.74, 6) is 0. The molecule has 0 spiro atoms. The smallest absolute Gasteiger partial charge is 0.373 e. The molecule has 44 heavy (non-hydrogen) atoms. The molecule has 0 bridgehead atoms. The van der Waals surface area contributed by atoms with Crippen LogP contribution in [0.15, 0.2) is 0 Å². The van der Waals surface area contributed by atoms with E-state index in [1.165, 1.54) is 77.0 Å². The molecule has 0 aromatic heterocycles. The second-order valence-electron chi connectivity index (χ2n) is 12.6. The summed E-state index contributed by atoms with van der Waals surface area (Å²) < 4.78 is 39.5. The number of hydrogen-bond acceptors (Lipinski definition) is 6. The first-order valence-corrected chi connectivity index (χ1v) is 23.3. The normalized spacial score (nSPS) is 12.4. The van der Waals surface area contributed by atoms with Gasteiger partial charge in [-0.1, -0.05) is 131 Å². The van der Waals surface area contributed by atoms with E-state index in [0.29, 0.717) is 0 Å². The van der Waals surface area contributed by atoms with Gasteiger partial charge in [0, 0.05) is 51.7 Å². The first-order chi connectivity index (χ1) is 21.6. The highest BCUT2D eigenvalue weighted by Crippen LogP contribution is 2.25. The maximum absolute atomic E-state index is 6.59. The third-order valence-electron chi connectivity index (χ3n) is 8.14. The lowest BCUT2D eigenvalue weighted by Gasteiger charge is -2.31. The summed E-state index contributed by atoms with van der Waals surface area (Å²) in [4.78, 5) is 0. The Hall–Kier alpha value is 0.194. The van der Waals surface area contributed by atoms with E-state index in [-0.39, 0.29) is 0 Å². The predicted molar refractivity (Wildman–Crippen MR) is 192 cm³/mol. The molecule has 6 nitrogen and oxygen atoms in total. The van der Waals surface area contributed by atoms with Crippen molar-refractivity contribution in [2.24, 2.45) is 0 Å². The first kappa shape index (κ1) is 44.2. The Balaban J connectivity index is 5.24. The van der Waals surface area contributed by atoms with Crippen molar-refractivity contribution in [1.82, 2.24) is 0 Å². The summed E-state index contributed by atoms with van der Waals surface area (Å²) in [5.41, 5.74) is 0. The summed E-state index contributed by atoms with van der Waals surface area (Å²) in [7, 11) is -5.37. The molecule has 0 aliphatic rings. The summed E-state index contributed by atoms with van der Waals surface area (Å²) in [6, 6.07) is 1.85. The van der Waals surface area contributed by atoms with E-state index in [0.717, 1.165) is 116 Å². The van der Waals surface area contributed by atoms with Gasteiger partial charge in [0.25, 0.3) is 0 Å². The van der Waals surface area contributed by atoms with Crippen LogP contribution in [0.4, 0.5) is 0 Å². The van der Waals surface area contributed by atoms with Crippen molar-refractivity contribution in [3.63, 3.8) is 0 Å². The van der Waals surface area contributed by atoms with Crippen molar-refractivity contribution in [3.05, 3.63) is 0 Å². The van der Waals surface area contributed by atoms with Crippen LogP contribution in [0.3, 0.4) is 0 Å². The molecule has 0 aromatic rings. The summed E-state index contributed by atoms with van der Waals surface area (Å²) in [6.45, 7) is 18.0. The van der Waals surface area contributed by atoms with Crippen LogP contribution in [0.2, 0.25) is 12.1 Å². The molecule has 0 rings (SSSR count). The number of unbranched alkanes of at least 4 members (excludes halogenated alkanes) is 15. The zero-order chi connectivity index (χ0) is 32.5. The van der Waals surface area contributed by atoms with Crippen LogP contribution in [-0.4, -0.2) is 57.3 Å². The van der Waals surface area contributed by atoms with Crippen molar-refractivity contribution in [1.29, 1.82) is 0 Å². The lowest BCUT2D eigenvalue weighted by atomic mass is 10.2. The van der Waals surface area contributed by atoms with Crippen LogP contribution >= 0.6 is 0 Å². The fourth-order valence-electron chi connectivity index (χ4n) is 5.20. The Labute approximate surface area is 278 Å². The molecular formula is C36H78O6Si2. The standard InChI is InChI=1S/C36H78O6Si2/c1-7-13-21-29-37-43(38-30-22-14-8-2,39-31-23-15-9-3)35-27-19-20-28-36-44(40-32-24-16-10-4,41-33-25-17-11-5)42-34-26-18-12-6/h7-36H2,1-6H3. The molecule has 0 fully saturated rings. The highest BCUT2D eigenvalue weighted by molar-refractivity contribution is 6.61. The van der Waals surface area contributed by atoms with Crippen molar-refractivity contribution in [3.8, 4) is 0 Å². The van der Waals surface area contributed by atoms with Crippen LogP contribution in [0.5, 0.6) is 0 Å². The van der Waals surface area contributed by atoms with Gasteiger partial charge in [0.15, 0.2) is 0 Å². The van der Waals surface area contributed by atoms with E-state index in [4.69, 9.17) is 26.6 Å². The molecule has 0 amide bonds. The molecule has 0 unspecified atom stereocenters. The lowest BCUT2D eigenvalue weighted by molar-refractivity contribution is 0.0533. The topological polar surface area (TPSA) is 55.4 Å².